The van der Waals surface area contributed by atoms with Gasteiger partial charge in [0, 0.05) is 48.5 Å². The lowest BCUT2D eigenvalue weighted by molar-refractivity contribution is -0.0862. The molecule has 3 aromatic rings. The van der Waals surface area contributed by atoms with Gasteiger partial charge in [-0.05, 0) is 31.4 Å². The lowest BCUT2D eigenvalue weighted by atomic mass is 9.91. The minimum atomic E-state index is -3.21. The number of nitrogens with zero attached hydrogens (tertiary/aromatic N) is 3. The van der Waals surface area contributed by atoms with E-state index in [0.717, 1.165) is 46.7 Å². The molecule has 34 heavy (non-hydrogen) atoms. The number of rotatable bonds is 9. The predicted octanol–water partition coefficient (Wildman–Crippen LogP) is 4.01. The number of aliphatic hydroxyl groups is 1. The SMILES string of the molecule is C[C@@H]1Cc2c([nH]c3ccccc23)[C@@H](c2cnc(OC3CN(CCCF)C3)s2)N1CC(F)(F)CO. The molecular weight excluding hydrogens is 465 g/mol. The highest BCUT2D eigenvalue weighted by Gasteiger charge is 2.42. The van der Waals surface area contributed by atoms with Crippen LogP contribution in [-0.2, 0) is 6.42 Å². The summed E-state index contributed by atoms with van der Waals surface area (Å²) >= 11 is 1.37. The normalized spacial score (nSPS) is 22.1. The maximum Gasteiger partial charge on any atom is 0.283 e. The Morgan fingerprint density at radius 3 is 2.85 bits per heavy atom. The lowest BCUT2D eigenvalue weighted by Gasteiger charge is -2.41. The number of ether oxygens (including phenoxy) is 1. The number of hydrogen-bond donors (Lipinski definition) is 2. The lowest BCUT2D eigenvalue weighted by Crippen LogP contribution is -2.53. The number of benzene rings is 1. The fourth-order valence-corrected chi connectivity index (χ4v) is 5.99. The van der Waals surface area contributed by atoms with Crippen LogP contribution in [0.2, 0.25) is 0 Å². The number of fused-ring (bicyclic) bond motifs is 3. The van der Waals surface area contributed by atoms with E-state index in [4.69, 9.17) is 4.74 Å². The van der Waals surface area contributed by atoms with Gasteiger partial charge in [0.05, 0.1) is 24.1 Å². The molecule has 6 nitrogen and oxygen atoms in total. The Hall–Kier alpha value is -2.14. The van der Waals surface area contributed by atoms with Gasteiger partial charge >= 0.3 is 0 Å². The summed E-state index contributed by atoms with van der Waals surface area (Å²) in [6, 6.07) is 7.38. The molecule has 10 heteroatoms. The Bertz CT molecular complexity index is 1130. The molecule has 0 saturated carbocycles. The number of likely N-dealkylation sites (tertiary alicyclic amines) is 1. The summed E-state index contributed by atoms with van der Waals surface area (Å²) in [4.78, 5) is 12.6. The van der Waals surface area contributed by atoms with Crippen molar-refractivity contribution in [3.63, 3.8) is 0 Å². The predicted molar refractivity (Wildman–Crippen MR) is 126 cm³/mol. The van der Waals surface area contributed by atoms with Gasteiger partial charge in [0.1, 0.15) is 12.7 Å². The third-order valence-corrected chi connectivity index (χ3v) is 7.67. The standard InChI is InChI=1S/C24H29F3N4O2S/c1-15-9-18-17-5-2-3-6-19(17)29-21(18)22(31(15)13-24(26,27)14-32)20-10-28-23(34-20)33-16-11-30(12-16)8-4-7-25/h2-3,5-6,10,15-16,22,29,32H,4,7-9,11-14H2,1H3/t15-,22-/m1/s1. The first-order valence-corrected chi connectivity index (χ1v) is 12.4. The fourth-order valence-electron chi connectivity index (χ4n) is 5.03. The molecule has 2 aliphatic rings. The largest absolute Gasteiger partial charge is 0.464 e. The molecule has 0 spiro atoms. The molecular formula is C24H29F3N4O2S. The Kier molecular flexibility index (Phi) is 6.58. The maximum atomic E-state index is 14.4. The summed E-state index contributed by atoms with van der Waals surface area (Å²) < 4.78 is 47.1. The van der Waals surface area contributed by atoms with E-state index in [0.29, 0.717) is 18.0 Å². The summed E-state index contributed by atoms with van der Waals surface area (Å²) in [5.74, 6) is -3.21. The fraction of sp³-hybridized carbons (Fsp3) is 0.542. The molecule has 1 fully saturated rings. The molecule has 0 amide bonds. The van der Waals surface area contributed by atoms with Crippen molar-refractivity contribution >= 4 is 22.2 Å². The second-order valence-electron chi connectivity index (χ2n) is 9.28. The van der Waals surface area contributed by atoms with Gasteiger partial charge in [0.25, 0.3) is 11.1 Å². The van der Waals surface area contributed by atoms with Gasteiger partial charge in [-0.15, -0.1) is 0 Å². The first-order chi connectivity index (χ1) is 16.4. The average molecular weight is 495 g/mol. The summed E-state index contributed by atoms with van der Waals surface area (Å²) in [7, 11) is 0. The Labute approximate surface area is 200 Å². The van der Waals surface area contributed by atoms with E-state index >= 15 is 0 Å². The molecule has 4 heterocycles. The van der Waals surface area contributed by atoms with Crippen LogP contribution in [0.15, 0.2) is 30.5 Å². The maximum absolute atomic E-state index is 14.4. The van der Waals surface area contributed by atoms with Crippen LogP contribution >= 0.6 is 11.3 Å². The monoisotopic (exact) mass is 494 g/mol. The molecule has 2 aliphatic heterocycles. The van der Waals surface area contributed by atoms with Crippen LogP contribution < -0.4 is 4.74 Å². The van der Waals surface area contributed by atoms with Crippen molar-refractivity contribution in [2.45, 2.75) is 43.9 Å². The molecule has 0 unspecified atom stereocenters. The van der Waals surface area contributed by atoms with E-state index in [2.05, 4.69) is 20.9 Å². The van der Waals surface area contributed by atoms with E-state index in [9.17, 15) is 18.3 Å². The Morgan fingerprint density at radius 1 is 1.29 bits per heavy atom. The van der Waals surface area contributed by atoms with Gasteiger partial charge in [-0.1, -0.05) is 29.5 Å². The van der Waals surface area contributed by atoms with E-state index in [-0.39, 0.29) is 18.8 Å². The van der Waals surface area contributed by atoms with E-state index < -0.39 is 25.1 Å². The number of halogens is 3. The zero-order valence-electron chi connectivity index (χ0n) is 19.0. The molecule has 2 aromatic heterocycles. The van der Waals surface area contributed by atoms with E-state index in [1.807, 2.05) is 25.1 Å². The van der Waals surface area contributed by atoms with Crippen molar-refractivity contribution in [3.8, 4) is 5.19 Å². The topological polar surface area (TPSA) is 64.6 Å². The zero-order chi connectivity index (χ0) is 23.9. The molecule has 1 saturated heterocycles. The van der Waals surface area contributed by atoms with Crippen LogP contribution in [0.3, 0.4) is 0 Å². The van der Waals surface area contributed by atoms with Gasteiger partial charge in [-0.25, -0.2) is 13.8 Å². The molecule has 184 valence electrons. The highest BCUT2D eigenvalue weighted by molar-refractivity contribution is 7.13. The Balaban J connectivity index is 1.43. The average Bonchev–Trinajstić information content (AvgIpc) is 3.40. The van der Waals surface area contributed by atoms with Crippen LogP contribution in [0.4, 0.5) is 13.2 Å². The minimum absolute atomic E-state index is 0.00218. The zero-order valence-corrected chi connectivity index (χ0v) is 19.8. The van der Waals surface area contributed by atoms with Crippen molar-refractivity contribution < 1.29 is 23.0 Å². The van der Waals surface area contributed by atoms with Crippen molar-refractivity contribution in [1.29, 1.82) is 0 Å². The number of alkyl halides is 3. The molecule has 2 atom stereocenters. The second kappa shape index (κ2) is 9.49. The molecule has 0 aliphatic carbocycles. The number of aliphatic hydroxyl groups excluding tert-OH is 1. The summed E-state index contributed by atoms with van der Waals surface area (Å²) in [5, 5.41) is 10.9. The number of H-pyrrole nitrogens is 1. The quantitative estimate of drug-likeness (QED) is 0.471. The number of aromatic nitrogens is 2. The summed E-state index contributed by atoms with van der Waals surface area (Å²) in [5.41, 5.74) is 3.00. The number of nitrogens with one attached hydrogen (secondary N) is 1. The highest BCUT2D eigenvalue weighted by atomic mass is 32.1. The van der Waals surface area contributed by atoms with Crippen LogP contribution in [0.1, 0.15) is 35.5 Å². The van der Waals surface area contributed by atoms with Gasteiger partial charge < -0.3 is 14.8 Å². The van der Waals surface area contributed by atoms with Gasteiger partial charge in [-0.3, -0.25) is 14.2 Å². The van der Waals surface area contributed by atoms with Crippen LogP contribution in [0, 0.1) is 0 Å². The number of hydrogen-bond acceptors (Lipinski definition) is 6. The van der Waals surface area contributed by atoms with Crippen LogP contribution in [-0.4, -0.2) is 82.4 Å². The number of aromatic amines is 1. The van der Waals surface area contributed by atoms with Crippen molar-refractivity contribution in [1.82, 2.24) is 19.8 Å². The number of thiazole rings is 1. The molecule has 0 bridgehead atoms. The minimum Gasteiger partial charge on any atom is -0.464 e. The molecule has 5 rings (SSSR count). The highest BCUT2D eigenvalue weighted by Crippen LogP contribution is 2.44. The van der Waals surface area contributed by atoms with Gasteiger partial charge in [-0.2, -0.15) is 0 Å². The molecule has 0 radical (unpaired) electrons. The van der Waals surface area contributed by atoms with Gasteiger partial charge in [0.15, 0.2) is 0 Å². The molecule has 1 aromatic carbocycles. The molecule has 2 N–H and O–H groups in total. The first kappa shape index (κ1) is 23.6. The third kappa shape index (κ3) is 4.56. The van der Waals surface area contributed by atoms with Gasteiger partial charge in [0.2, 0.25) is 0 Å². The summed E-state index contributed by atoms with van der Waals surface area (Å²) in [6.07, 6.45) is 2.87. The van der Waals surface area contributed by atoms with Crippen LogP contribution in [0.5, 0.6) is 5.19 Å². The van der Waals surface area contributed by atoms with E-state index in [1.165, 1.54) is 11.3 Å². The second-order valence-corrected chi connectivity index (χ2v) is 10.3. The number of para-hydroxylation sites is 1. The Morgan fingerprint density at radius 2 is 2.09 bits per heavy atom. The van der Waals surface area contributed by atoms with Crippen molar-refractivity contribution in [3.05, 3.63) is 46.6 Å². The smallest absolute Gasteiger partial charge is 0.283 e. The van der Waals surface area contributed by atoms with Crippen molar-refractivity contribution in [2.75, 3.05) is 39.5 Å². The van der Waals surface area contributed by atoms with Crippen LogP contribution in [0.25, 0.3) is 10.9 Å². The van der Waals surface area contributed by atoms with E-state index in [1.54, 1.807) is 11.1 Å². The third-order valence-electron chi connectivity index (χ3n) is 6.73. The van der Waals surface area contributed by atoms with Crippen molar-refractivity contribution in [2.24, 2.45) is 0 Å². The summed E-state index contributed by atoms with van der Waals surface area (Å²) in [6.45, 7) is 2.07. The first-order valence-electron chi connectivity index (χ1n) is 11.6.